The Hall–Kier alpha value is -1.81. The van der Waals surface area contributed by atoms with Gasteiger partial charge in [0, 0.05) is 28.2 Å². The number of benzene rings is 1. The van der Waals surface area contributed by atoms with E-state index in [-0.39, 0.29) is 0 Å². The monoisotopic (exact) mass is 214 g/mol. The Morgan fingerprint density at radius 2 is 2.33 bits per heavy atom. The van der Waals surface area contributed by atoms with Gasteiger partial charge in [0.15, 0.2) is 5.13 Å². The number of hydrogen-bond donors (Lipinski definition) is 2. The molecule has 2 aromatic heterocycles. The third-order valence-electron chi connectivity index (χ3n) is 2.19. The highest BCUT2D eigenvalue weighted by Crippen LogP contribution is 2.22. The van der Waals surface area contributed by atoms with Crippen LogP contribution in [0.5, 0.6) is 0 Å². The number of aromatic amines is 1. The van der Waals surface area contributed by atoms with Gasteiger partial charge in [-0.15, -0.1) is 11.3 Å². The molecule has 0 unspecified atom stereocenters. The number of aromatic nitrogens is 2. The summed E-state index contributed by atoms with van der Waals surface area (Å²) in [4.78, 5) is 7.21. The van der Waals surface area contributed by atoms with Crippen molar-refractivity contribution in [3.8, 4) is 0 Å². The maximum atomic E-state index is 4.05. The van der Waals surface area contributed by atoms with Gasteiger partial charge in [-0.25, -0.2) is 4.98 Å². The smallest absolute Gasteiger partial charge is 0.187 e. The lowest BCUT2D eigenvalue weighted by Crippen LogP contribution is -1.88. The molecule has 0 aliphatic heterocycles. The van der Waals surface area contributed by atoms with Gasteiger partial charge < -0.3 is 10.3 Å². The van der Waals surface area contributed by atoms with Gasteiger partial charge in [0.2, 0.25) is 0 Å². The van der Waals surface area contributed by atoms with E-state index < -0.39 is 0 Å². The van der Waals surface area contributed by atoms with Crippen molar-refractivity contribution in [2.45, 2.75) is 0 Å². The van der Waals surface area contributed by atoms with E-state index >= 15 is 0 Å². The number of thiazole rings is 1. The van der Waals surface area contributed by atoms with Crippen molar-refractivity contribution in [1.82, 2.24) is 9.97 Å². The predicted octanol–water partition coefficient (Wildman–Crippen LogP) is 3.17. The zero-order chi connectivity index (χ0) is 10.1. The highest BCUT2D eigenvalue weighted by atomic mass is 32.1. The molecule has 0 aliphatic carbocycles. The topological polar surface area (TPSA) is 40.7 Å². The Balaban J connectivity index is 1.97. The highest BCUT2D eigenvalue weighted by molar-refractivity contribution is 7.13. The van der Waals surface area contributed by atoms with Gasteiger partial charge in [0.1, 0.15) is 6.20 Å². The first-order valence-corrected chi connectivity index (χ1v) is 5.45. The number of H-pyrrole nitrogens is 1. The van der Waals surface area contributed by atoms with E-state index in [2.05, 4.69) is 39.7 Å². The van der Waals surface area contributed by atoms with Crippen LogP contribution in [0, 0.1) is 6.20 Å². The largest absolute Gasteiger partial charge is 0.361 e. The minimum atomic E-state index is 0.866. The molecule has 15 heavy (non-hydrogen) atoms. The molecule has 2 heterocycles. The van der Waals surface area contributed by atoms with Crippen LogP contribution in [0.4, 0.5) is 10.8 Å². The fourth-order valence-electron chi connectivity index (χ4n) is 1.51. The van der Waals surface area contributed by atoms with Gasteiger partial charge in [0.25, 0.3) is 0 Å². The van der Waals surface area contributed by atoms with Crippen LogP contribution in [0.25, 0.3) is 10.9 Å². The average molecular weight is 214 g/mol. The van der Waals surface area contributed by atoms with E-state index in [0.717, 1.165) is 16.3 Å². The molecule has 0 bridgehead atoms. The molecule has 0 saturated carbocycles. The van der Waals surface area contributed by atoms with Gasteiger partial charge in [-0.1, -0.05) is 0 Å². The van der Waals surface area contributed by atoms with Crippen molar-refractivity contribution in [3.05, 3.63) is 42.0 Å². The summed E-state index contributed by atoms with van der Waals surface area (Å²) in [6, 6.07) is 8.22. The van der Waals surface area contributed by atoms with Crippen molar-refractivity contribution >= 4 is 33.1 Å². The SMILES string of the molecule is [c]1csc(Nc2ccc3[nH]ccc3c2)n1. The molecule has 0 amide bonds. The van der Waals surface area contributed by atoms with Crippen LogP contribution >= 0.6 is 11.3 Å². The molecule has 1 aromatic carbocycles. The number of nitrogens with one attached hydrogen (secondary N) is 2. The Morgan fingerprint density at radius 1 is 1.33 bits per heavy atom. The van der Waals surface area contributed by atoms with Crippen molar-refractivity contribution in [2.75, 3.05) is 5.32 Å². The summed E-state index contributed by atoms with van der Waals surface area (Å²) >= 11 is 1.54. The summed E-state index contributed by atoms with van der Waals surface area (Å²) in [5.74, 6) is 0. The van der Waals surface area contributed by atoms with E-state index in [1.165, 1.54) is 16.7 Å². The maximum absolute atomic E-state index is 4.05. The van der Waals surface area contributed by atoms with Crippen LogP contribution in [0.3, 0.4) is 0 Å². The molecule has 3 rings (SSSR count). The first-order valence-electron chi connectivity index (χ1n) is 4.57. The van der Waals surface area contributed by atoms with Gasteiger partial charge in [-0.2, -0.15) is 0 Å². The number of anilines is 2. The van der Waals surface area contributed by atoms with Crippen molar-refractivity contribution in [2.24, 2.45) is 0 Å². The Morgan fingerprint density at radius 3 is 3.20 bits per heavy atom. The van der Waals surface area contributed by atoms with E-state index in [1.54, 1.807) is 0 Å². The summed E-state index contributed by atoms with van der Waals surface area (Å²) in [7, 11) is 0. The summed E-state index contributed by atoms with van der Waals surface area (Å²) in [6.45, 7) is 0. The minimum absolute atomic E-state index is 0.866. The van der Waals surface area contributed by atoms with Gasteiger partial charge in [-0.05, 0) is 24.3 Å². The van der Waals surface area contributed by atoms with E-state index in [4.69, 9.17) is 0 Å². The summed E-state index contributed by atoms with van der Waals surface area (Å²) in [6.07, 6.45) is 4.72. The van der Waals surface area contributed by atoms with E-state index in [9.17, 15) is 0 Å². The van der Waals surface area contributed by atoms with Crippen LogP contribution in [-0.2, 0) is 0 Å². The lowest BCUT2D eigenvalue weighted by Gasteiger charge is -2.01. The second kappa shape index (κ2) is 3.40. The second-order valence-corrected chi connectivity index (χ2v) is 4.04. The maximum Gasteiger partial charge on any atom is 0.187 e. The van der Waals surface area contributed by atoms with E-state index in [1.807, 2.05) is 17.6 Å². The normalized spacial score (nSPS) is 10.7. The van der Waals surface area contributed by atoms with Crippen molar-refractivity contribution < 1.29 is 0 Å². The standard InChI is InChI=1S/C11H8N3S/c1-2-10-8(3-4-12-10)7-9(1)14-11-13-5-6-15-11/h1-4,6-7,12H,(H,13,14). The molecule has 0 saturated heterocycles. The third-order valence-corrected chi connectivity index (χ3v) is 2.83. The minimum Gasteiger partial charge on any atom is -0.361 e. The Kier molecular flexibility index (Phi) is 1.93. The number of fused-ring (bicyclic) bond motifs is 1. The second-order valence-electron chi connectivity index (χ2n) is 3.19. The fourth-order valence-corrected chi connectivity index (χ4v) is 2.00. The molecule has 0 aliphatic rings. The van der Waals surface area contributed by atoms with Gasteiger partial charge in [-0.3, -0.25) is 0 Å². The van der Waals surface area contributed by atoms with Crippen LogP contribution in [0.1, 0.15) is 0 Å². The summed E-state index contributed by atoms with van der Waals surface area (Å²) in [5.41, 5.74) is 2.19. The molecular weight excluding hydrogens is 206 g/mol. The zero-order valence-electron chi connectivity index (χ0n) is 7.82. The molecule has 0 spiro atoms. The fraction of sp³-hybridized carbons (Fsp3) is 0. The Labute approximate surface area is 90.8 Å². The lowest BCUT2D eigenvalue weighted by atomic mass is 10.2. The molecular formula is C11H8N3S. The molecule has 4 heteroatoms. The van der Waals surface area contributed by atoms with Gasteiger partial charge in [0.05, 0.1) is 0 Å². The molecule has 1 radical (unpaired) electrons. The molecule has 0 fully saturated rings. The summed E-state index contributed by atoms with van der Waals surface area (Å²) < 4.78 is 0. The zero-order valence-corrected chi connectivity index (χ0v) is 8.64. The third kappa shape index (κ3) is 1.59. The van der Waals surface area contributed by atoms with Crippen LogP contribution < -0.4 is 5.32 Å². The lowest BCUT2D eigenvalue weighted by molar-refractivity contribution is 1.38. The van der Waals surface area contributed by atoms with Crippen molar-refractivity contribution in [3.63, 3.8) is 0 Å². The van der Waals surface area contributed by atoms with Crippen molar-refractivity contribution in [1.29, 1.82) is 0 Å². The molecule has 73 valence electrons. The summed E-state index contributed by atoms with van der Waals surface area (Å²) in [5, 5.41) is 7.12. The quantitative estimate of drug-likeness (QED) is 0.688. The van der Waals surface area contributed by atoms with Crippen LogP contribution in [-0.4, -0.2) is 9.97 Å². The first-order chi connectivity index (χ1) is 7.42. The first kappa shape index (κ1) is 8.49. The van der Waals surface area contributed by atoms with Crippen LogP contribution in [0.2, 0.25) is 0 Å². The molecule has 3 nitrogen and oxygen atoms in total. The molecule has 2 N–H and O–H groups in total. The highest BCUT2D eigenvalue weighted by Gasteiger charge is 1.99. The predicted molar refractivity (Wildman–Crippen MR) is 62.5 cm³/mol. The van der Waals surface area contributed by atoms with E-state index in [0.29, 0.717) is 0 Å². The molecule has 3 aromatic rings. The van der Waals surface area contributed by atoms with Gasteiger partial charge >= 0.3 is 0 Å². The number of hydrogen-bond acceptors (Lipinski definition) is 3. The Bertz CT molecular complexity index is 568. The number of rotatable bonds is 2. The average Bonchev–Trinajstić information content (AvgIpc) is 2.87. The number of nitrogens with zero attached hydrogens (tertiary/aromatic N) is 1. The van der Waals surface area contributed by atoms with Crippen LogP contribution in [0.15, 0.2) is 35.8 Å². The molecule has 0 atom stereocenters.